The van der Waals surface area contributed by atoms with Gasteiger partial charge in [-0.05, 0) is 12.1 Å². The van der Waals surface area contributed by atoms with Crippen LogP contribution in [0.1, 0.15) is 10.4 Å². The van der Waals surface area contributed by atoms with Crippen LogP contribution in [0.4, 0.5) is 0 Å². The summed E-state index contributed by atoms with van der Waals surface area (Å²) < 4.78 is 0. The van der Waals surface area contributed by atoms with E-state index in [0.717, 1.165) is 5.75 Å². The Balaban J connectivity index is 1.96. The normalized spacial score (nSPS) is 25.2. The van der Waals surface area contributed by atoms with Crippen molar-refractivity contribution in [1.82, 2.24) is 5.32 Å². The maximum atomic E-state index is 11.6. The Morgan fingerprint density at radius 3 is 2.64 bits per heavy atom. The zero-order chi connectivity index (χ0) is 9.97. The fourth-order valence-electron chi connectivity index (χ4n) is 1.23. The van der Waals surface area contributed by atoms with Crippen LogP contribution in [0.5, 0.6) is 0 Å². The minimum Gasteiger partial charge on any atom is -0.380 e. The van der Waals surface area contributed by atoms with Crippen molar-refractivity contribution < 1.29 is 9.90 Å². The van der Waals surface area contributed by atoms with Gasteiger partial charge < -0.3 is 10.4 Å². The number of nitrogens with one attached hydrogen (secondary N) is 1. The lowest BCUT2D eigenvalue weighted by molar-refractivity contribution is 0.0904. The van der Waals surface area contributed by atoms with Gasteiger partial charge in [-0.15, -0.1) is 11.8 Å². The zero-order valence-corrected chi connectivity index (χ0v) is 8.33. The van der Waals surface area contributed by atoms with Crippen LogP contribution in [0, 0.1) is 0 Å². The number of aliphatic hydroxyl groups is 1. The topological polar surface area (TPSA) is 49.3 Å². The summed E-state index contributed by atoms with van der Waals surface area (Å²) in [7, 11) is 0. The Kier molecular flexibility index (Phi) is 2.74. The van der Waals surface area contributed by atoms with Crippen molar-refractivity contribution in [2.45, 2.75) is 11.5 Å². The largest absolute Gasteiger partial charge is 0.380 e. The van der Waals surface area contributed by atoms with E-state index in [-0.39, 0.29) is 11.9 Å². The van der Waals surface area contributed by atoms with E-state index in [9.17, 15) is 9.90 Å². The molecule has 0 aromatic heterocycles. The van der Waals surface area contributed by atoms with Crippen molar-refractivity contribution in [3.05, 3.63) is 35.9 Å². The molecule has 1 aromatic carbocycles. The molecule has 1 heterocycles. The first-order valence-electron chi connectivity index (χ1n) is 4.43. The highest BCUT2D eigenvalue weighted by Crippen LogP contribution is 2.25. The number of rotatable bonds is 2. The smallest absolute Gasteiger partial charge is 0.251 e. The van der Waals surface area contributed by atoms with E-state index in [1.165, 1.54) is 11.8 Å². The van der Waals surface area contributed by atoms with Crippen LogP contribution in [0.2, 0.25) is 0 Å². The Morgan fingerprint density at radius 1 is 1.43 bits per heavy atom. The third-order valence-electron chi connectivity index (χ3n) is 2.14. The molecular weight excluding hydrogens is 198 g/mol. The number of carbonyl (C=O) groups excluding carboxylic acids is 1. The lowest BCUT2D eigenvalue weighted by Crippen LogP contribution is -2.50. The lowest BCUT2D eigenvalue weighted by Gasteiger charge is -2.32. The molecule has 1 aromatic rings. The van der Waals surface area contributed by atoms with Gasteiger partial charge >= 0.3 is 0 Å². The minimum atomic E-state index is -0.442. The first kappa shape index (κ1) is 9.55. The van der Waals surface area contributed by atoms with Crippen molar-refractivity contribution in [2.24, 2.45) is 0 Å². The summed E-state index contributed by atoms with van der Waals surface area (Å²) in [6.45, 7) is 0. The van der Waals surface area contributed by atoms with Gasteiger partial charge in [-0.25, -0.2) is 0 Å². The lowest BCUT2D eigenvalue weighted by atomic mass is 10.2. The van der Waals surface area contributed by atoms with Crippen LogP contribution >= 0.6 is 11.8 Å². The number of benzene rings is 1. The van der Waals surface area contributed by atoms with Crippen LogP contribution in [-0.4, -0.2) is 28.2 Å². The molecule has 2 rings (SSSR count). The fourth-order valence-corrected chi connectivity index (χ4v) is 1.94. The molecule has 74 valence electrons. The number of hydrogen-bond donors (Lipinski definition) is 2. The monoisotopic (exact) mass is 209 g/mol. The SMILES string of the molecule is O=C(NC1CSC1O)c1ccccc1. The minimum absolute atomic E-state index is 0.0901. The molecular formula is C10H11NO2S. The molecule has 0 saturated carbocycles. The molecule has 1 saturated heterocycles. The van der Waals surface area contributed by atoms with E-state index < -0.39 is 5.44 Å². The van der Waals surface area contributed by atoms with Crippen molar-refractivity contribution in [3.63, 3.8) is 0 Å². The molecule has 0 aliphatic carbocycles. The Bertz CT molecular complexity index is 328. The van der Waals surface area contributed by atoms with Crippen molar-refractivity contribution in [2.75, 3.05) is 5.75 Å². The standard InChI is InChI=1S/C10H11NO2S/c12-9(7-4-2-1-3-5-7)11-8-6-14-10(8)13/h1-5,8,10,13H,6H2,(H,11,12). The molecule has 3 nitrogen and oxygen atoms in total. The van der Waals surface area contributed by atoms with Gasteiger partial charge in [0.15, 0.2) is 0 Å². The second kappa shape index (κ2) is 4.02. The number of hydrogen-bond acceptors (Lipinski definition) is 3. The van der Waals surface area contributed by atoms with Gasteiger partial charge in [0, 0.05) is 11.3 Å². The van der Waals surface area contributed by atoms with Gasteiger partial charge in [-0.2, -0.15) is 0 Å². The average molecular weight is 209 g/mol. The maximum Gasteiger partial charge on any atom is 0.251 e. The van der Waals surface area contributed by atoms with E-state index >= 15 is 0 Å². The predicted molar refractivity (Wildman–Crippen MR) is 56.2 cm³/mol. The van der Waals surface area contributed by atoms with Crippen LogP contribution in [-0.2, 0) is 0 Å². The summed E-state index contributed by atoms with van der Waals surface area (Å²) in [6, 6.07) is 8.93. The highest BCUT2D eigenvalue weighted by atomic mass is 32.2. The van der Waals surface area contributed by atoms with Gasteiger partial charge in [0.1, 0.15) is 5.44 Å². The maximum absolute atomic E-state index is 11.6. The van der Waals surface area contributed by atoms with Gasteiger partial charge in [0.25, 0.3) is 5.91 Å². The highest BCUT2D eigenvalue weighted by Gasteiger charge is 2.30. The second-order valence-corrected chi connectivity index (χ2v) is 4.32. The molecule has 1 fully saturated rings. The van der Waals surface area contributed by atoms with Crippen LogP contribution in [0.25, 0.3) is 0 Å². The quantitative estimate of drug-likeness (QED) is 0.759. The predicted octanol–water partition coefficient (Wildman–Crippen LogP) is 0.850. The van der Waals surface area contributed by atoms with Crippen LogP contribution < -0.4 is 5.32 Å². The summed E-state index contributed by atoms with van der Waals surface area (Å²) in [5.41, 5.74) is 0.194. The van der Waals surface area contributed by atoms with E-state index in [1.807, 2.05) is 18.2 Å². The molecule has 1 amide bonds. The molecule has 2 atom stereocenters. The average Bonchev–Trinajstić information content (AvgIpc) is 2.24. The Morgan fingerprint density at radius 2 is 2.14 bits per heavy atom. The number of carbonyl (C=O) groups is 1. The van der Waals surface area contributed by atoms with Gasteiger partial charge in [0.2, 0.25) is 0 Å². The van der Waals surface area contributed by atoms with Crippen LogP contribution in [0.15, 0.2) is 30.3 Å². The molecule has 2 N–H and O–H groups in total. The molecule has 1 aliphatic heterocycles. The van der Waals surface area contributed by atoms with Crippen molar-refractivity contribution in [3.8, 4) is 0 Å². The van der Waals surface area contributed by atoms with E-state index in [2.05, 4.69) is 5.32 Å². The number of aliphatic hydroxyl groups excluding tert-OH is 1. The molecule has 0 spiro atoms. The highest BCUT2D eigenvalue weighted by molar-refractivity contribution is 8.01. The number of amides is 1. The van der Waals surface area contributed by atoms with E-state index in [0.29, 0.717) is 5.56 Å². The summed E-state index contributed by atoms with van der Waals surface area (Å²) in [5.74, 6) is 0.676. The van der Waals surface area contributed by atoms with Crippen molar-refractivity contribution >= 4 is 17.7 Å². The van der Waals surface area contributed by atoms with E-state index in [1.54, 1.807) is 12.1 Å². The third kappa shape index (κ3) is 1.91. The zero-order valence-electron chi connectivity index (χ0n) is 7.51. The Hall–Kier alpha value is -1.00. The molecule has 1 aliphatic rings. The summed E-state index contributed by atoms with van der Waals surface area (Å²) in [6.07, 6.45) is 0. The van der Waals surface area contributed by atoms with Crippen LogP contribution in [0.3, 0.4) is 0 Å². The second-order valence-electron chi connectivity index (χ2n) is 3.17. The Labute approximate surface area is 86.5 Å². The van der Waals surface area contributed by atoms with Gasteiger partial charge in [-0.3, -0.25) is 4.79 Å². The third-order valence-corrected chi connectivity index (χ3v) is 3.36. The molecule has 0 radical (unpaired) electrons. The molecule has 0 bridgehead atoms. The summed E-state index contributed by atoms with van der Waals surface area (Å²) in [4.78, 5) is 11.6. The van der Waals surface area contributed by atoms with Gasteiger partial charge in [-0.1, -0.05) is 18.2 Å². The molecule has 4 heteroatoms. The van der Waals surface area contributed by atoms with E-state index in [4.69, 9.17) is 0 Å². The summed E-state index contributed by atoms with van der Waals surface area (Å²) >= 11 is 1.45. The number of thioether (sulfide) groups is 1. The first-order chi connectivity index (χ1) is 6.77. The van der Waals surface area contributed by atoms with Crippen molar-refractivity contribution in [1.29, 1.82) is 0 Å². The van der Waals surface area contributed by atoms with Gasteiger partial charge in [0.05, 0.1) is 6.04 Å². The fraction of sp³-hybridized carbons (Fsp3) is 0.300. The first-order valence-corrected chi connectivity index (χ1v) is 5.48. The summed E-state index contributed by atoms with van der Waals surface area (Å²) in [5, 5.41) is 12.0. The molecule has 2 unspecified atom stereocenters. The molecule has 14 heavy (non-hydrogen) atoms.